The Morgan fingerprint density at radius 1 is 1.03 bits per heavy atom. The molecule has 0 aliphatic carbocycles. The van der Waals surface area contributed by atoms with Crippen LogP contribution in [0.3, 0.4) is 0 Å². The van der Waals surface area contributed by atoms with Crippen LogP contribution in [0, 0.1) is 13.8 Å². The van der Waals surface area contributed by atoms with Crippen molar-refractivity contribution < 1.29 is 0 Å². The summed E-state index contributed by atoms with van der Waals surface area (Å²) in [7, 11) is 0. The minimum absolute atomic E-state index is 0.433. The van der Waals surface area contributed by atoms with Gasteiger partial charge in [-0.1, -0.05) is 48.0 Å². The highest BCUT2D eigenvalue weighted by Gasteiger charge is 2.17. The van der Waals surface area contributed by atoms with Gasteiger partial charge in [-0.3, -0.25) is 0 Å². The van der Waals surface area contributed by atoms with Gasteiger partial charge in [0.2, 0.25) is 0 Å². The number of rotatable bonds is 3. The highest BCUT2D eigenvalue weighted by atomic mass is 35.5. The molecule has 0 bridgehead atoms. The van der Waals surface area contributed by atoms with Gasteiger partial charge >= 0.3 is 0 Å². The molecule has 0 unspecified atom stereocenters. The van der Waals surface area contributed by atoms with Gasteiger partial charge in [0.05, 0.1) is 28.8 Å². The summed E-state index contributed by atoms with van der Waals surface area (Å²) in [5.41, 5.74) is 12.4. The Labute approximate surface area is 178 Å². The summed E-state index contributed by atoms with van der Waals surface area (Å²) in [5, 5.41) is 7.19. The summed E-state index contributed by atoms with van der Waals surface area (Å²) in [6.07, 6.45) is 1.46. The fourth-order valence-corrected chi connectivity index (χ4v) is 4.11. The summed E-state index contributed by atoms with van der Waals surface area (Å²) >= 11 is 6.55. The van der Waals surface area contributed by atoms with Crippen LogP contribution in [-0.4, -0.2) is 24.7 Å². The van der Waals surface area contributed by atoms with Crippen molar-refractivity contribution >= 4 is 39.4 Å². The first-order valence-electron chi connectivity index (χ1n) is 9.60. The van der Waals surface area contributed by atoms with Gasteiger partial charge in [0, 0.05) is 21.5 Å². The van der Waals surface area contributed by atoms with Gasteiger partial charge in [0.1, 0.15) is 12.1 Å². The molecule has 3 aromatic heterocycles. The Kier molecular flexibility index (Phi) is 4.37. The van der Waals surface area contributed by atoms with Crippen molar-refractivity contribution in [3.63, 3.8) is 0 Å². The molecule has 0 fully saturated rings. The Bertz CT molecular complexity index is 1420. The third-order valence-corrected chi connectivity index (χ3v) is 5.64. The topological polar surface area (TPSA) is 82.5 Å². The molecule has 0 amide bonds. The van der Waals surface area contributed by atoms with E-state index < -0.39 is 0 Å². The van der Waals surface area contributed by atoms with Crippen molar-refractivity contribution in [2.24, 2.45) is 0 Å². The predicted molar refractivity (Wildman–Crippen MR) is 121 cm³/mol. The molecule has 5 rings (SSSR count). The van der Waals surface area contributed by atoms with Gasteiger partial charge in [0.25, 0.3) is 0 Å². The van der Waals surface area contributed by atoms with Crippen LogP contribution in [0.2, 0.25) is 5.02 Å². The van der Waals surface area contributed by atoms with Gasteiger partial charge in [0.15, 0.2) is 5.65 Å². The van der Waals surface area contributed by atoms with Crippen LogP contribution in [0.5, 0.6) is 0 Å². The molecule has 0 aliphatic rings. The van der Waals surface area contributed by atoms with E-state index in [-0.39, 0.29) is 0 Å². The zero-order chi connectivity index (χ0) is 20.8. The Morgan fingerprint density at radius 3 is 2.70 bits per heavy atom. The van der Waals surface area contributed by atoms with Crippen LogP contribution < -0.4 is 5.73 Å². The average molecular weight is 415 g/mol. The average Bonchev–Trinajstić information content (AvgIpc) is 3.05. The number of para-hydroxylation sites is 1. The van der Waals surface area contributed by atoms with Gasteiger partial charge in [-0.25, -0.2) is 19.6 Å². The van der Waals surface area contributed by atoms with Crippen molar-refractivity contribution in [3.8, 4) is 11.3 Å². The minimum atomic E-state index is 0.433. The van der Waals surface area contributed by atoms with E-state index >= 15 is 0 Å². The molecule has 2 aromatic carbocycles. The SMILES string of the molecule is Cc1cccc2cc(Cn3nc(C)c4c(N)ncnc43)c(-c3ccccc3Cl)nc12. The number of aryl methyl sites for hydroxylation is 2. The minimum Gasteiger partial charge on any atom is -0.383 e. The molecule has 0 aliphatic heterocycles. The molecule has 2 N–H and O–H groups in total. The second kappa shape index (κ2) is 7.07. The number of benzene rings is 2. The first-order valence-corrected chi connectivity index (χ1v) is 9.98. The normalized spacial score (nSPS) is 11.4. The number of halogens is 1. The molecular weight excluding hydrogens is 396 g/mol. The molecular formula is C23H19ClN6. The Morgan fingerprint density at radius 2 is 1.87 bits per heavy atom. The summed E-state index contributed by atoms with van der Waals surface area (Å²) < 4.78 is 1.85. The molecule has 0 radical (unpaired) electrons. The zero-order valence-corrected chi connectivity index (χ0v) is 17.4. The predicted octanol–water partition coefficient (Wildman–Crippen LogP) is 4.94. The lowest BCUT2D eigenvalue weighted by atomic mass is 10.0. The van der Waals surface area contributed by atoms with Crippen LogP contribution in [0.25, 0.3) is 33.2 Å². The lowest BCUT2D eigenvalue weighted by molar-refractivity contribution is 0.695. The van der Waals surface area contributed by atoms with E-state index in [9.17, 15) is 0 Å². The highest BCUT2D eigenvalue weighted by Crippen LogP contribution is 2.33. The van der Waals surface area contributed by atoms with Crippen LogP contribution >= 0.6 is 11.6 Å². The number of nitrogens with two attached hydrogens (primary N) is 1. The van der Waals surface area contributed by atoms with Crippen LogP contribution in [0.15, 0.2) is 54.9 Å². The maximum absolute atomic E-state index is 6.55. The molecule has 0 saturated carbocycles. The van der Waals surface area contributed by atoms with Crippen LogP contribution in [0.4, 0.5) is 5.82 Å². The number of fused-ring (bicyclic) bond motifs is 2. The van der Waals surface area contributed by atoms with E-state index in [0.29, 0.717) is 23.0 Å². The molecule has 5 aromatic rings. The van der Waals surface area contributed by atoms with Crippen molar-refractivity contribution in [1.82, 2.24) is 24.7 Å². The smallest absolute Gasteiger partial charge is 0.163 e. The number of anilines is 1. The molecule has 7 heteroatoms. The second-order valence-electron chi connectivity index (χ2n) is 7.32. The number of pyridine rings is 1. The fraction of sp³-hybridized carbons (Fsp3) is 0.130. The first-order chi connectivity index (χ1) is 14.5. The second-order valence-corrected chi connectivity index (χ2v) is 7.73. The van der Waals surface area contributed by atoms with E-state index in [0.717, 1.165) is 44.4 Å². The van der Waals surface area contributed by atoms with Crippen molar-refractivity contribution in [2.75, 3.05) is 5.73 Å². The molecule has 6 nitrogen and oxygen atoms in total. The van der Waals surface area contributed by atoms with Crippen molar-refractivity contribution in [2.45, 2.75) is 20.4 Å². The maximum atomic E-state index is 6.55. The lowest BCUT2D eigenvalue weighted by Gasteiger charge is -2.14. The number of hydrogen-bond acceptors (Lipinski definition) is 5. The standard InChI is InChI=1S/C23H19ClN6/c1-13-6-5-7-15-10-16(21(28-20(13)15)17-8-3-4-9-18(17)24)11-30-23-19(14(2)29-30)22(25)26-12-27-23/h3-10,12H,11H2,1-2H3,(H2,25,26,27). The number of nitrogen functional groups attached to an aromatic ring is 1. The van der Waals surface area contributed by atoms with Crippen LogP contribution in [-0.2, 0) is 6.54 Å². The number of nitrogens with zero attached hydrogens (tertiary/aromatic N) is 5. The third-order valence-electron chi connectivity index (χ3n) is 5.31. The highest BCUT2D eigenvalue weighted by molar-refractivity contribution is 6.33. The molecule has 0 spiro atoms. The molecule has 3 heterocycles. The summed E-state index contributed by atoms with van der Waals surface area (Å²) in [4.78, 5) is 13.5. The van der Waals surface area contributed by atoms with Gasteiger partial charge in [-0.05, 0) is 31.5 Å². The third kappa shape index (κ3) is 2.97. The van der Waals surface area contributed by atoms with Crippen LogP contribution in [0.1, 0.15) is 16.8 Å². The van der Waals surface area contributed by atoms with E-state index in [1.54, 1.807) is 0 Å². The monoisotopic (exact) mass is 414 g/mol. The largest absolute Gasteiger partial charge is 0.383 e. The Hall–Kier alpha value is -3.51. The summed E-state index contributed by atoms with van der Waals surface area (Å²) in [5.74, 6) is 0.433. The van der Waals surface area contributed by atoms with Gasteiger partial charge < -0.3 is 5.73 Å². The molecule has 0 saturated heterocycles. The van der Waals surface area contributed by atoms with E-state index in [4.69, 9.17) is 22.3 Å². The van der Waals surface area contributed by atoms with E-state index in [1.807, 2.05) is 41.9 Å². The number of aromatic nitrogens is 5. The molecule has 30 heavy (non-hydrogen) atoms. The number of hydrogen-bond donors (Lipinski definition) is 1. The fourth-order valence-electron chi connectivity index (χ4n) is 3.88. The first kappa shape index (κ1) is 18.5. The van der Waals surface area contributed by atoms with Gasteiger partial charge in [-0.15, -0.1) is 0 Å². The molecule has 148 valence electrons. The maximum Gasteiger partial charge on any atom is 0.163 e. The quantitative estimate of drug-likeness (QED) is 0.452. The zero-order valence-electron chi connectivity index (χ0n) is 16.6. The van der Waals surface area contributed by atoms with E-state index in [1.165, 1.54) is 6.33 Å². The van der Waals surface area contributed by atoms with E-state index in [2.05, 4.69) is 40.2 Å². The van der Waals surface area contributed by atoms with Crippen molar-refractivity contribution in [3.05, 3.63) is 76.7 Å². The lowest BCUT2D eigenvalue weighted by Crippen LogP contribution is -2.06. The summed E-state index contributed by atoms with van der Waals surface area (Å²) in [6.45, 7) is 4.46. The Balaban J connectivity index is 1.76. The summed E-state index contributed by atoms with van der Waals surface area (Å²) in [6, 6.07) is 16.1. The van der Waals surface area contributed by atoms with Gasteiger partial charge in [-0.2, -0.15) is 5.10 Å². The van der Waals surface area contributed by atoms with Crippen molar-refractivity contribution in [1.29, 1.82) is 0 Å². The molecule has 0 atom stereocenters.